The number of hydrogen-bond donors (Lipinski definition) is 2. The second-order valence-corrected chi connectivity index (χ2v) is 4.93. The van der Waals surface area contributed by atoms with E-state index in [9.17, 15) is 15.2 Å². The molecule has 0 aliphatic carbocycles. The van der Waals surface area contributed by atoms with Gasteiger partial charge in [-0.15, -0.1) is 12.4 Å². The third-order valence-corrected chi connectivity index (χ3v) is 3.04. The van der Waals surface area contributed by atoms with Crippen LogP contribution in [0.4, 0.5) is 5.69 Å². The summed E-state index contributed by atoms with van der Waals surface area (Å²) in [5.74, 6) is 0. The Hall–Kier alpha value is -1.17. The molecule has 18 heavy (non-hydrogen) atoms. The zero-order chi connectivity index (χ0) is 13.2. The maximum absolute atomic E-state index is 10.8. The molecule has 0 saturated carbocycles. The topological polar surface area (TPSA) is 89.4 Å². The van der Waals surface area contributed by atoms with Gasteiger partial charge in [0.15, 0.2) is 0 Å². The van der Waals surface area contributed by atoms with Crippen LogP contribution in [0, 0.1) is 22.5 Å². The Morgan fingerprint density at radius 1 is 1.50 bits per heavy atom. The van der Waals surface area contributed by atoms with Crippen molar-refractivity contribution in [2.24, 2.45) is 11.1 Å². The summed E-state index contributed by atoms with van der Waals surface area (Å²) in [7, 11) is 0. The van der Waals surface area contributed by atoms with E-state index in [1.54, 1.807) is 19.1 Å². The van der Waals surface area contributed by atoms with Crippen LogP contribution >= 0.6 is 12.4 Å². The highest BCUT2D eigenvalue weighted by Gasteiger charge is 2.28. The molecule has 1 aromatic carbocycles. The van der Waals surface area contributed by atoms with Gasteiger partial charge in [0.05, 0.1) is 4.92 Å². The standard InChI is InChI=1S/C12H18N2O3.ClH/c1-8-4-5-9(6-10(8)14(16)17)11(13)12(2,3)7-15;/h4-6,11,15H,7,13H2,1-3H3;1H/t11-;/m1./s1. The van der Waals surface area contributed by atoms with E-state index in [-0.39, 0.29) is 24.7 Å². The fourth-order valence-electron chi connectivity index (χ4n) is 1.57. The molecule has 0 spiro atoms. The Balaban J connectivity index is 0.00000289. The van der Waals surface area contributed by atoms with E-state index in [2.05, 4.69) is 0 Å². The number of aliphatic hydroxyl groups excluding tert-OH is 1. The highest BCUT2D eigenvalue weighted by Crippen LogP contribution is 2.32. The lowest BCUT2D eigenvalue weighted by Gasteiger charge is -2.29. The van der Waals surface area contributed by atoms with Gasteiger partial charge in [0.2, 0.25) is 0 Å². The SMILES string of the molecule is Cc1ccc([C@@H](N)C(C)(C)CO)cc1[N+](=O)[O-].Cl. The first kappa shape index (κ1) is 16.8. The number of nitrogens with zero attached hydrogens (tertiary/aromatic N) is 1. The molecule has 0 bridgehead atoms. The Morgan fingerprint density at radius 2 is 2.06 bits per heavy atom. The van der Waals surface area contributed by atoms with Crippen molar-refractivity contribution < 1.29 is 10.0 Å². The molecule has 102 valence electrons. The lowest BCUT2D eigenvalue weighted by atomic mass is 9.81. The largest absolute Gasteiger partial charge is 0.396 e. The van der Waals surface area contributed by atoms with Crippen LogP contribution in [0.1, 0.15) is 31.0 Å². The lowest BCUT2D eigenvalue weighted by Crippen LogP contribution is -2.32. The van der Waals surface area contributed by atoms with Gasteiger partial charge in [-0.1, -0.05) is 26.0 Å². The zero-order valence-electron chi connectivity index (χ0n) is 10.7. The summed E-state index contributed by atoms with van der Waals surface area (Å²) in [5, 5.41) is 20.1. The highest BCUT2D eigenvalue weighted by atomic mass is 35.5. The molecular formula is C12H19ClN2O3. The van der Waals surface area contributed by atoms with Crippen LogP contribution < -0.4 is 5.73 Å². The van der Waals surface area contributed by atoms with Crippen molar-refractivity contribution in [3.63, 3.8) is 0 Å². The van der Waals surface area contributed by atoms with Crippen LogP contribution in [-0.2, 0) is 0 Å². The van der Waals surface area contributed by atoms with Crippen molar-refractivity contribution >= 4 is 18.1 Å². The van der Waals surface area contributed by atoms with Crippen molar-refractivity contribution in [2.75, 3.05) is 6.61 Å². The smallest absolute Gasteiger partial charge is 0.272 e. The Labute approximate surface area is 113 Å². The van der Waals surface area contributed by atoms with Crippen molar-refractivity contribution in [3.8, 4) is 0 Å². The van der Waals surface area contributed by atoms with E-state index in [1.807, 2.05) is 13.8 Å². The molecule has 0 heterocycles. The van der Waals surface area contributed by atoms with Gasteiger partial charge in [0.25, 0.3) is 5.69 Å². The van der Waals surface area contributed by atoms with Gasteiger partial charge in [-0.3, -0.25) is 10.1 Å². The van der Waals surface area contributed by atoms with Crippen LogP contribution in [-0.4, -0.2) is 16.6 Å². The van der Waals surface area contributed by atoms with E-state index < -0.39 is 16.4 Å². The average Bonchev–Trinajstić information content (AvgIpc) is 2.28. The van der Waals surface area contributed by atoms with Gasteiger partial charge in [-0.25, -0.2) is 0 Å². The molecule has 0 saturated heterocycles. The second kappa shape index (κ2) is 6.13. The maximum atomic E-state index is 10.8. The summed E-state index contributed by atoms with van der Waals surface area (Å²) in [6.07, 6.45) is 0. The van der Waals surface area contributed by atoms with Crippen molar-refractivity contribution in [1.29, 1.82) is 0 Å². The number of aliphatic hydroxyl groups is 1. The molecule has 0 fully saturated rings. The van der Waals surface area contributed by atoms with Gasteiger partial charge >= 0.3 is 0 Å². The number of nitrogens with two attached hydrogens (primary N) is 1. The van der Waals surface area contributed by atoms with E-state index in [0.29, 0.717) is 11.1 Å². The third kappa shape index (κ3) is 3.41. The molecule has 5 nitrogen and oxygen atoms in total. The number of benzene rings is 1. The van der Waals surface area contributed by atoms with Gasteiger partial charge in [0.1, 0.15) is 0 Å². The Morgan fingerprint density at radius 3 is 2.50 bits per heavy atom. The molecule has 1 aromatic rings. The van der Waals surface area contributed by atoms with E-state index in [4.69, 9.17) is 5.73 Å². The molecule has 0 radical (unpaired) electrons. The van der Waals surface area contributed by atoms with E-state index in [0.717, 1.165) is 0 Å². The van der Waals surface area contributed by atoms with Gasteiger partial charge in [-0.05, 0) is 12.5 Å². The maximum Gasteiger partial charge on any atom is 0.272 e. The first-order chi connectivity index (χ1) is 7.79. The van der Waals surface area contributed by atoms with Crippen molar-refractivity contribution in [1.82, 2.24) is 0 Å². The molecule has 0 amide bonds. The highest BCUT2D eigenvalue weighted by molar-refractivity contribution is 5.85. The average molecular weight is 275 g/mol. The van der Waals surface area contributed by atoms with Crippen LogP contribution in [0.15, 0.2) is 18.2 Å². The second-order valence-electron chi connectivity index (χ2n) is 4.93. The van der Waals surface area contributed by atoms with Gasteiger partial charge < -0.3 is 10.8 Å². The minimum Gasteiger partial charge on any atom is -0.396 e. The summed E-state index contributed by atoms with van der Waals surface area (Å²) in [6, 6.07) is 4.49. The number of hydrogen-bond acceptors (Lipinski definition) is 4. The lowest BCUT2D eigenvalue weighted by molar-refractivity contribution is -0.385. The normalized spacial score (nSPS) is 12.7. The van der Waals surface area contributed by atoms with E-state index in [1.165, 1.54) is 6.07 Å². The fraction of sp³-hybridized carbons (Fsp3) is 0.500. The summed E-state index contributed by atoms with van der Waals surface area (Å²) < 4.78 is 0. The van der Waals surface area contributed by atoms with E-state index >= 15 is 0 Å². The zero-order valence-corrected chi connectivity index (χ0v) is 11.5. The fourth-order valence-corrected chi connectivity index (χ4v) is 1.57. The van der Waals surface area contributed by atoms with Crippen LogP contribution in [0.25, 0.3) is 0 Å². The molecule has 0 aliphatic rings. The minimum absolute atomic E-state index is 0. The van der Waals surface area contributed by atoms with Gasteiger partial charge in [0, 0.05) is 29.7 Å². The number of nitro groups is 1. The van der Waals surface area contributed by atoms with Gasteiger partial charge in [-0.2, -0.15) is 0 Å². The number of aryl methyl sites for hydroxylation is 1. The monoisotopic (exact) mass is 274 g/mol. The molecule has 1 atom stereocenters. The number of halogens is 1. The summed E-state index contributed by atoms with van der Waals surface area (Å²) >= 11 is 0. The molecule has 0 unspecified atom stereocenters. The van der Waals surface area contributed by atoms with Crippen LogP contribution in [0.5, 0.6) is 0 Å². The Kier molecular flexibility index (Phi) is 5.73. The first-order valence-electron chi connectivity index (χ1n) is 5.41. The van der Waals surface area contributed by atoms with Crippen molar-refractivity contribution in [3.05, 3.63) is 39.4 Å². The molecule has 3 N–H and O–H groups in total. The first-order valence-corrected chi connectivity index (χ1v) is 5.41. The Bertz CT molecular complexity index is 435. The van der Waals surface area contributed by atoms with Crippen LogP contribution in [0.3, 0.4) is 0 Å². The number of rotatable bonds is 4. The third-order valence-electron chi connectivity index (χ3n) is 3.04. The molecule has 6 heteroatoms. The van der Waals surface area contributed by atoms with Crippen molar-refractivity contribution in [2.45, 2.75) is 26.8 Å². The molecule has 1 rings (SSSR count). The minimum atomic E-state index is -0.511. The number of nitro benzene ring substituents is 1. The quantitative estimate of drug-likeness (QED) is 0.651. The predicted molar refractivity (Wildman–Crippen MR) is 72.9 cm³/mol. The molecular weight excluding hydrogens is 256 g/mol. The summed E-state index contributed by atoms with van der Waals surface area (Å²) in [6.45, 7) is 5.26. The summed E-state index contributed by atoms with van der Waals surface area (Å²) in [5.41, 5.74) is 6.84. The summed E-state index contributed by atoms with van der Waals surface area (Å²) in [4.78, 5) is 10.4. The van der Waals surface area contributed by atoms with Crippen LogP contribution in [0.2, 0.25) is 0 Å². The molecule has 0 aromatic heterocycles. The predicted octanol–water partition coefficient (Wildman–Crippen LogP) is 2.34. The molecule has 0 aliphatic heterocycles.